The molecule has 4 rings (SSSR count). The summed E-state index contributed by atoms with van der Waals surface area (Å²) in [5.41, 5.74) is 3.81. The van der Waals surface area contributed by atoms with Crippen LogP contribution in [0.25, 0.3) is 17.0 Å². The predicted octanol–water partition coefficient (Wildman–Crippen LogP) is 6.43. The third-order valence-electron chi connectivity index (χ3n) is 5.33. The second-order valence-corrected chi connectivity index (χ2v) is 8.87. The molecular weight excluding hydrogens is 514 g/mol. The summed E-state index contributed by atoms with van der Waals surface area (Å²) in [6.45, 7) is 0.758. The third kappa shape index (κ3) is 5.69. The molecule has 0 saturated carbocycles. The number of aromatic nitrogens is 1. The van der Waals surface area contributed by atoms with Crippen molar-refractivity contribution in [2.24, 2.45) is 0 Å². The van der Waals surface area contributed by atoms with Crippen LogP contribution in [0.2, 0.25) is 5.02 Å². The Kier molecular flexibility index (Phi) is 7.69. The van der Waals surface area contributed by atoms with Gasteiger partial charge in [0.15, 0.2) is 0 Å². The molecule has 1 heterocycles. The van der Waals surface area contributed by atoms with E-state index in [0.717, 1.165) is 22.0 Å². The number of carbonyl (C=O) groups excluding carboxylic acids is 1. The van der Waals surface area contributed by atoms with E-state index in [1.807, 2.05) is 60.8 Å². The normalized spacial score (nSPS) is 11.3. The number of para-hydroxylation sites is 1. The van der Waals surface area contributed by atoms with Crippen molar-refractivity contribution in [3.8, 4) is 11.8 Å². The first kappa shape index (κ1) is 23.6. The van der Waals surface area contributed by atoms with Gasteiger partial charge in [-0.2, -0.15) is 5.26 Å². The van der Waals surface area contributed by atoms with Gasteiger partial charge in [-0.25, -0.2) is 0 Å². The summed E-state index contributed by atoms with van der Waals surface area (Å²) in [4.78, 5) is 15.8. The van der Waals surface area contributed by atoms with Crippen LogP contribution in [0.15, 0.2) is 83.0 Å². The highest BCUT2D eigenvalue weighted by Crippen LogP contribution is 2.28. The molecule has 0 aliphatic rings. The Morgan fingerprint density at radius 2 is 1.91 bits per heavy atom. The molecule has 2 N–H and O–H groups in total. The fraction of sp³-hybridized carbons (Fsp3) is 0.111. The van der Waals surface area contributed by atoms with E-state index in [4.69, 9.17) is 16.3 Å². The number of halogens is 2. The van der Waals surface area contributed by atoms with E-state index in [2.05, 4.69) is 26.2 Å². The van der Waals surface area contributed by atoms with Crippen LogP contribution in [0, 0.1) is 11.3 Å². The van der Waals surface area contributed by atoms with Crippen LogP contribution >= 0.6 is 27.5 Å². The molecule has 3 aromatic carbocycles. The van der Waals surface area contributed by atoms with Gasteiger partial charge in [0.1, 0.15) is 24.0 Å². The molecule has 0 spiro atoms. The highest BCUT2D eigenvalue weighted by Gasteiger charge is 2.11. The van der Waals surface area contributed by atoms with Gasteiger partial charge in [0.2, 0.25) is 0 Å². The minimum absolute atomic E-state index is 0.0376. The molecule has 34 heavy (non-hydrogen) atoms. The van der Waals surface area contributed by atoms with Gasteiger partial charge in [-0.05, 0) is 63.8 Å². The molecule has 0 aliphatic heterocycles. The van der Waals surface area contributed by atoms with Gasteiger partial charge >= 0.3 is 0 Å². The van der Waals surface area contributed by atoms with Gasteiger partial charge in [0, 0.05) is 34.2 Å². The minimum Gasteiger partial charge on any atom is -0.488 e. The molecule has 1 amide bonds. The van der Waals surface area contributed by atoms with E-state index in [9.17, 15) is 10.1 Å². The molecule has 0 radical (unpaired) electrons. The van der Waals surface area contributed by atoms with Gasteiger partial charge in [-0.3, -0.25) is 4.79 Å². The third-order valence-corrected chi connectivity index (χ3v) is 6.32. The average molecular weight is 535 g/mol. The number of benzene rings is 3. The first-order valence-corrected chi connectivity index (χ1v) is 11.8. The molecule has 5 nitrogen and oxygen atoms in total. The van der Waals surface area contributed by atoms with Crippen molar-refractivity contribution in [1.29, 1.82) is 5.26 Å². The molecule has 1 aromatic heterocycles. The molecular formula is C27H21BrClN3O2. The molecule has 0 unspecified atom stereocenters. The zero-order valence-corrected chi connectivity index (χ0v) is 20.5. The van der Waals surface area contributed by atoms with Crippen LogP contribution in [-0.4, -0.2) is 17.4 Å². The maximum Gasteiger partial charge on any atom is 0.261 e. The number of H-pyrrole nitrogens is 1. The minimum atomic E-state index is -0.405. The van der Waals surface area contributed by atoms with Crippen LogP contribution in [0.5, 0.6) is 5.75 Å². The number of hydrogen-bond acceptors (Lipinski definition) is 3. The van der Waals surface area contributed by atoms with Crippen molar-refractivity contribution in [3.05, 3.63) is 105 Å². The fourth-order valence-corrected chi connectivity index (χ4v) is 4.26. The van der Waals surface area contributed by atoms with E-state index in [1.165, 1.54) is 0 Å². The Morgan fingerprint density at radius 3 is 2.71 bits per heavy atom. The van der Waals surface area contributed by atoms with Crippen LogP contribution in [0.4, 0.5) is 0 Å². The van der Waals surface area contributed by atoms with Crippen LogP contribution in [-0.2, 0) is 17.8 Å². The molecule has 0 bridgehead atoms. The highest BCUT2D eigenvalue weighted by molar-refractivity contribution is 9.10. The smallest absolute Gasteiger partial charge is 0.261 e. The van der Waals surface area contributed by atoms with E-state index in [1.54, 1.807) is 24.3 Å². The van der Waals surface area contributed by atoms with Gasteiger partial charge in [-0.1, -0.05) is 54.1 Å². The Hall–Kier alpha value is -3.53. The van der Waals surface area contributed by atoms with E-state index in [-0.39, 0.29) is 5.57 Å². The number of amides is 1. The number of rotatable bonds is 8. The number of aromatic amines is 1. The van der Waals surface area contributed by atoms with Crippen LogP contribution in [0.1, 0.15) is 16.7 Å². The monoisotopic (exact) mass is 533 g/mol. The quantitative estimate of drug-likeness (QED) is 0.202. The standard InChI is InChI=1S/C27H21BrClN3O2/c28-23-14-18(9-10-26(23)34-17-20-5-1-3-7-24(20)29)13-21(15-30)27(33)31-12-11-19-16-32-25-8-4-2-6-22(19)25/h1-10,13-14,16,32H,11-12,17H2,(H,31,33)/b21-13-. The lowest BCUT2D eigenvalue weighted by Crippen LogP contribution is -2.26. The predicted molar refractivity (Wildman–Crippen MR) is 139 cm³/mol. The number of hydrogen-bond donors (Lipinski definition) is 2. The summed E-state index contributed by atoms with van der Waals surface area (Å²) in [5, 5.41) is 14.1. The molecule has 170 valence electrons. The molecule has 0 fully saturated rings. The van der Waals surface area contributed by atoms with E-state index in [0.29, 0.717) is 40.4 Å². The van der Waals surface area contributed by atoms with Crippen molar-refractivity contribution in [1.82, 2.24) is 10.3 Å². The van der Waals surface area contributed by atoms with Crippen LogP contribution < -0.4 is 10.1 Å². The topological polar surface area (TPSA) is 77.9 Å². The summed E-state index contributed by atoms with van der Waals surface area (Å²) in [5.74, 6) is 0.233. The lowest BCUT2D eigenvalue weighted by Gasteiger charge is -2.10. The van der Waals surface area contributed by atoms with Crippen molar-refractivity contribution in [3.63, 3.8) is 0 Å². The Labute approximate surface area is 211 Å². The molecule has 0 atom stereocenters. The maximum absolute atomic E-state index is 12.6. The zero-order chi connectivity index (χ0) is 23.9. The Bertz CT molecular complexity index is 1400. The van der Waals surface area contributed by atoms with Gasteiger partial charge in [0.25, 0.3) is 5.91 Å². The largest absolute Gasteiger partial charge is 0.488 e. The van der Waals surface area contributed by atoms with Crippen molar-refractivity contribution < 1.29 is 9.53 Å². The Balaban J connectivity index is 1.37. The summed E-state index contributed by atoms with van der Waals surface area (Å²) < 4.78 is 6.57. The Morgan fingerprint density at radius 1 is 1.12 bits per heavy atom. The number of nitriles is 1. The number of nitrogens with zero attached hydrogens (tertiary/aromatic N) is 1. The maximum atomic E-state index is 12.6. The molecule has 7 heteroatoms. The average Bonchev–Trinajstić information content (AvgIpc) is 3.26. The second-order valence-electron chi connectivity index (χ2n) is 7.61. The number of nitrogens with one attached hydrogen (secondary N) is 2. The van der Waals surface area contributed by atoms with E-state index >= 15 is 0 Å². The molecule has 0 saturated heterocycles. The van der Waals surface area contributed by atoms with Crippen molar-refractivity contribution in [2.75, 3.05) is 6.54 Å². The first-order chi connectivity index (χ1) is 16.5. The first-order valence-electron chi connectivity index (χ1n) is 10.7. The fourth-order valence-electron chi connectivity index (χ4n) is 3.55. The molecule has 4 aromatic rings. The number of fused-ring (bicyclic) bond motifs is 1. The van der Waals surface area contributed by atoms with E-state index < -0.39 is 5.91 Å². The second kappa shape index (κ2) is 11.1. The zero-order valence-electron chi connectivity index (χ0n) is 18.1. The SMILES string of the molecule is N#C/C(=C/c1ccc(OCc2ccccc2Cl)c(Br)c1)C(=O)NCCc1c[nH]c2ccccc12. The summed E-state index contributed by atoms with van der Waals surface area (Å²) in [6, 6.07) is 22.9. The summed E-state index contributed by atoms with van der Waals surface area (Å²) in [7, 11) is 0. The van der Waals surface area contributed by atoms with Crippen molar-refractivity contribution >= 4 is 50.4 Å². The highest BCUT2D eigenvalue weighted by atomic mass is 79.9. The number of ether oxygens (including phenoxy) is 1. The van der Waals surface area contributed by atoms with Crippen molar-refractivity contribution in [2.45, 2.75) is 13.0 Å². The van der Waals surface area contributed by atoms with Gasteiger partial charge < -0.3 is 15.0 Å². The molecule has 0 aliphatic carbocycles. The summed E-state index contributed by atoms with van der Waals surface area (Å²) >= 11 is 9.68. The summed E-state index contributed by atoms with van der Waals surface area (Å²) in [6.07, 6.45) is 4.17. The van der Waals surface area contributed by atoms with Crippen LogP contribution in [0.3, 0.4) is 0 Å². The van der Waals surface area contributed by atoms with Gasteiger partial charge in [-0.15, -0.1) is 0 Å². The van der Waals surface area contributed by atoms with Gasteiger partial charge in [0.05, 0.1) is 4.47 Å². The lowest BCUT2D eigenvalue weighted by molar-refractivity contribution is -0.117. The lowest BCUT2D eigenvalue weighted by atomic mass is 10.1. The number of carbonyl (C=O) groups is 1.